The Morgan fingerprint density at radius 3 is 2.44 bits per heavy atom. The highest BCUT2D eigenvalue weighted by atomic mass is 19.2. The number of ether oxygens (including phenoxy) is 1. The van der Waals surface area contributed by atoms with Crippen molar-refractivity contribution in [1.82, 2.24) is 10.6 Å². The first kappa shape index (κ1) is 24.8. The van der Waals surface area contributed by atoms with Gasteiger partial charge in [-0.3, -0.25) is 9.59 Å². The van der Waals surface area contributed by atoms with E-state index in [4.69, 9.17) is 4.74 Å². The van der Waals surface area contributed by atoms with Crippen LogP contribution in [0.25, 0.3) is 11.1 Å². The average molecular weight is 497 g/mol. The van der Waals surface area contributed by atoms with E-state index in [0.717, 1.165) is 17.2 Å². The molecule has 3 aromatic carbocycles. The Labute approximate surface area is 204 Å². The Kier molecular flexibility index (Phi) is 6.96. The van der Waals surface area contributed by atoms with E-state index in [1.165, 1.54) is 11.8 Å². The van der Waals surface area contributed by atoms with Crippen molar-refractivity contribution >= 4 is 23.6 Å². The van der Waals surface area contributed by atoms with Gasteiger partial charge in [0.1, 0.15) is 11.9 Å². The van der Waals surface area contributed by atoms with Gasteiger partial charge >= 0.3 is 6.09 Å². The lowest BCUT2D eigenvalue weighted by atomic mass is 9.95. The number of fused-ring (bicyclic) bond motifs is 3. The number of carbonyl (C=O) groups is 3. The largest absolute Gasteiger partial charge is 0.436 e. The molecule has 1 unspecified atom stereocenters. The molecule has 1 aliphatic rings. The summed E-state index contributed by atoms with van der Waals surface area (Å²) in [6, 6.07) is 14.6. The van der Waals surface area contributed by atoms with Gasteiger partial charge in [0.25, 0.3) is 11.8 Å². The minimum atomic E-state index is -1.40. The molecule has 0 spiro atoms. The quantitative estimate of drug-likeness (QED) is 0.517. The molecule has 1 heterocycles. The van der Waals surface area contributed by atoms with Crippen molar-refractivity contribution in [3.05, 3.63) is 89.2 Å². The predicted molar refractivity (Wildman–Crippen MR) is 125 cm³/mol. The van der Waals surface area contributed by atoms with Crippen LogP contribution >= 0.6 is 0 Å². The van der Waals surface area contributed by atoms with E-state index >= 15 is 0 Å². The Hall–Kier alpha value is -4.34. The standard InChI is InChI=1S/C26H22F3N3O4/c1-14(36-26(35)30-13-15-11-16(27)12-20(28)22(15)29)24(33)31-23-19-9-4-3-7-17(19)18-8-5-6-10-21(18)32(2)25(23)34/h3-12,14,23H,13H2,1-2H3,(H,30,35)(H,31,33)/t14-,23?/m0/s1. The van der Waals surface area contributed by atoms with Gasteiger partial charge in [-0.1, -0.05) is 42.5 Å². The number of anilines is 1. The number of alkyl carbamates (subject to hydrolysis) is 1. The van der Waals surface area contributed by atoms with E-state index in [1.54, 1.807) is 25.2 Å². The number of amides is 3. The van der Waals surface area contributed by atoms with Gasteiger partial charge in [0.2, 0.25) is 0 Å². The Balaban J connectivity index is 1.46. The second kappa shape index (κ2) is 10.1. The molecule has 0 aliphatic carbocycles. The van der Waals surface area contributed by atoms with Crippen LogP contribution in [0, 0.1) is 17.5 Å². The average Bonchev–Trinajstić information content (AvgIpc) is 2.95. The molecule has 0 radical (unpaired) electrons. The third-order valence-electron chi connectivity index (χ3n) is 5.84. The lowest BCUT2D eigenvalue weighted by molar-refractivity contribution is -0.132. The van der Waals surface area contributed by atoms with E-state index in [0.29, 0.717) is 17.3 Å². The molecule has 1 aliphatic heterocycles. The summed E-state index contributed by atoms with van der Waals surface area (Å²) in [6.45, 7) is 0.730. The number of carbonyl (C=O) groups excluding carboxylic acids is 3. The first-order valence-electron chi connectivity index (χ1n) is 11.0. The molecule has 10 heteroatoms. The summed E-state index contributed by atoms with van der Waals surface area (Å²) < 4.78 is 45.5. The van der Waals surface area contributed by atoms with Crippen LogP contribution in [0.4, 0.5) is 23.7 Å². The number of benzene rings is 3. The van der Waals surface area contributed by atoms with Crippen LogP contribution in [0.3, 0.4) is 0 Å². The molecular formula is C26H22F3N3O4. The minimum Gasteiger partial charge on any atom is -0.436 e. The van der Waals surface area contributed by atoms with Crippen LogP contribution in [0.5, 0.6) is 0 Å². The molecule has 36 heavy (non-hydrogen) atoms. The first-order chi connectivity index (χ1) is 17.2. The molecule has 7 nitrogen and oxygen atoms in total. The van der Waals surface area contributed by atoms with E-state index < -0.39 is 53.7 Å². The molecule has 2 atom stereocenters. The van der Waals surface area contributed by atoms with Crippen molar-refractivity contribution in [3.8, 4) is 11.1 Å². The second-order valence-electron chi connectivity index (χ2n) is 8.21. The fraction of sp³-hybridized carbons (Fsp3) is 0.192. The van der Waals surface area contributed by atoms with Crippen LogP contribution in [-0.2, 0) is 20.9 Å². The maximum absolute atomic E-state index is 13.8. The van der Waals surface area contributed by atoms with E-state index in [-0.39, 0.29) is 5.91 Å². The summed E-state index contributed by atoms with van der Waals surface area (Å²) in [7, 11) is 1.61. The molecule has 0 aromatic heterocycles. The molecule has 4 rings (SSSR count). The number of rotatable bonds is 5. The first-order valence-corrected chi connectivity index (χ1v) is 11.0. The summed E-state index contributed by atoms with van der Waals surface area (Å²) >= 11 is 0. The minimum absolute atomic E-state index is 0.381. The van der Waals surface area contributed by atoms with Gasteiger partial charge in [-0.2, -0.15) is 0 Å². The van der Waals surface area contributed by atoms with Crippen LogP contribution in [-0.4, -0.2) is 31.1 Å². The van der Waals surface area contributed by atoms with Gasteiger partial charge in [-0.05, 0) is 30.2 Å². The predicted octanol–water partition coefficient (Wildman–Crippen LogP) is 4.22. The van der Waals surface area contributed by atoms with E-state index in [2.05, 4.69) is 10.6 Å². The topological polar surface area (TPSA) is 87.7 Å². The Morgan fingerprint density at radius 2 is 1.69 bits per heavy atom. The molecular weight excluding hydrogens is 475 g/mol. The number of halogens is 3. The summed E-state index contributed by atoms with van der Waals surface area (Å²) in [5.41, 5.74) is 2.42. The Morgan fingerprint density at radius 1 is 1.03 bits per heavy atom. The van der Waals surface area contributed by atoms with Crippen molar-refractivity contribution in [2.24, 2.45) is 0 Å². The van der Waals surface area contributed by atoms with E-state index in [1.807, 2.05) is 30.3 Å². The van der Waals surface area contributed by atoms with Crippen molar-refractivity contribution in [2.45, 2.75) is 25.6 Å². The van der Waals surface area contributed by atoms with Gasteiger partial charge in [0, 0.05) is 30.8 Å². The van der Waals surface area contributed by atoms with Gasteiger partial charge in [0.05, 0.1) is 5.69 Å². The molecule has 186 valence electrons. The highest BCUT2D eigenvalue weighted by Gasteiger charge is 2.34. The van der Waals surface area contributed by atoms with E-state index in [9.17, 15) is 27.6 Å². The molecule has 0 saturated heterocycles. The monoisotopic (exact) mass is 497 g/mol. The molecule has 0 bridgehead atoms. The summed E-state index contributed by atoms with van der Waals surface area (Å²) in [5, 5.41) is 4.79. The van der Waals surface area contributed by atoms with Crippen LogP contribution in [0.15, 0.2) is 60.7 Å². The fourth-order valence-electron chi connectivity index (χ4n) is 3.99. The maximum atomic E-state index is 13.8. The van der Waals surface area contributed by atoms with Crippen molar-refractivity contribution in [2.75, 3.05) is 11.9 Å². The third kappa shape index (κ3) is 4.88. The van der Waals surface area contributed by atoms with Gasteiger partial charge in [-0.15, -0.1) is 0 Å². The summed E-state index contributed by atoms with van der Waals surface area (Å²) in [5.74, 6) is -4.85. The van der Waals surface area contributed by atoms with Crippen LogP contribution in [0.1, 0.15) is 24.1 Å². The number of hydrogen-bond acceptors (Lipinski definition) is 4. The maximum Gasteiger partial charge on any atom is 0.408 e. The van der Waals surface area contributed by atoms with Crippen LogP contribution < -0.4 is 15.5 Å². The number of likely N-dealkylation sites (N-methyl/N-ethyl adjacent to an activating group) is 1. The number of para-hydroxylation sites is 1. The van der Waals surface area contributed by atoms with Crippen molar-refractivity contribution < 1.29 is 32.3 Å². The second-order valence-corrected chi connectivity index (χ2v) is 8.21. The van der Waals surface area contributed by atoms with Crippen LogP contribution in [0.2, 0.25) is 0 Å². The fourth-order valence-corrected chi connectivity index (χ4v) is 3.99. The molecule has 0 saturated carbocycles. The smallest absolute Gasteiger partial charge is 0.408 e. The SMILES string of the molecule is C[C@H](OC(=O)NCc1cc(F)cc(F)c1F)C(=O)NC1C(=O)N(C)c2ccccc2-c2ccccc21. The summed E-state index contributed by atoms with van der Waals surface area (Å²) in [6.07, 6.45) is -2.45. The molecule has 0 fully saturated rings. The molecule has 3 amide bonds. The summed E-state index contributed by atoms with van der Waals surface area (Å²) in [4.78, 5) is 39.7. The number of nitrogens with one attached hydrogen (secondary N) is 2. The van der Waals surface area contributed by atoms with Crippen molar-refractivity contribution in [1.29, 1.82) is 0 Å². The highest BCUT2D eigenvalue weighted by molar-refractivity contribution is 6.06. The number of hydrogen-bond donors (Lipinski definition) is 2. The normalized spacial score (nSPS) is 15.3. The zero-order chi connectivity index (χ0) is 26.0. The van der Waals surface area contributed by atoms with Crippen molar-refractivity contribution in [3.63, 3.8) is 0 Å². The zero-order valence-electron chi connectivity index (χ0n) is 19.3. The molecule has 2 N–H and O–H groups in total. The highest BCUT2D eigenvalue weighted by Crippen LogP contribution is 2.39. The van der Waals surface area contributed by atoms with Gasteiger partial charge in [0.15, 0.2) is 17.7 Å². The van der Waals surface area contributed by atoms with Gasteiger partial charge < -0.3 is 20.3 Å². The molecule has 3 aromatic rings. The zero-order valence-corrected chi connectivity index (χ0v) is 19.3. The lowest BCUT2D eigenvalue weighted by Crippen LogP contribution is -2.45. The third-order valence-corrected chi connectivity index (χ3v) is 5.84. The lowest BCUT2D eigenvalue weighted by Gasteiger charge is -2.24. The Bertz CT molecular complexity index is 1350. The van der Waals surface area contributed by atoms with Gasteiger partial charge in [-0.25, -0.2) is 18.0 Å². The number of nitrogens with zero attached hydrogens (tertiary/aromatic N) is 1.